The molecule has 1 aromatic heterocycles. The van der Waals surface area contributed by atoms with Gasteiger partial charge in [0.05, 0.1) is 42.1 Å². The summed E-state index contributed by atoms with van der Waals surface area (Å²) in [6.45, 7) is -0.727. The molecule has 7 nitrogen and oxygen atoms in total. The molecular formula is C27H29F4N3O4S. The van der Waals surface area contributed by atoms with Gasteiger partial charge in [0.25, 0.3) is 0 Å². The first-order valence-electron chi connectivity index (χ1n) is 12.2. The quantitative estimate of drug-likeness (QED) is 0.309. The number of alkyl halides is 4. The third-order valence-corrected chi connectivity index (χ3v) is 7.39. The Morgan fingerprint density at radius 3 is 2.69 bits per heavy atom. The summed E-state index contributed by atoms with van der Waals surface area (Å²) in [7, 11) is -2.03. The minimum absolute atomic E-state index is 0.0336. The van der Waals surface area contributed by atoms with Gasteiger partial charge in [-0.25, -0.2) is 12.8 Å². The second-order valence-corrected chi connectivity index (χ2v) is 11.3. The maximum atomic E-state index is 14.0. The van der Waals surface area contributed by atoms with Gasteiger partial charge in [-0.3, -0.25) is 0 Å². The van der Waals surface area contributed by atoms with E-state index in [0.29, 0.717) is 41.1 Å². The summed E-state index contributed by atoms with van der Waals surface area (Å²) in [6.07, 6.45) is -3.68. The number of methoxy groups -OCH3 is 1. The molecule has 0 bridgehead atoms. The molecule has 2 aromatic carbocycles. The van der Waals surface area contributed by atoms with Crippen LogP contribution in [0.2, 0.25) is 0 Å². The van der Waals surface area contributed by atoms with E-state index in [-0.39, 0.29) is 36.2 Å². The summed E-state index contributed by atoms with van der Waals surface area (Å²) in [5.41, 5.74) is 1.61. The molecule has 39 heavy (non-hydrogen) atoms. The van der Waals surface area contributed by atoms with Crippen LogP contribution in [0.25, 0.3) is 10.9 Å². The monoisotopic (exact) mass is 567 g/mol. The molecular weight excluding hydrogens is 538 g/mol. The van der Waals surface area contributed by atoms with E-state index >= 15 is 0 Å². The lowest BCUT2D eigenvalue weighted by molar-refractivity contribution is -0.140. The standard InChI is InChI=1S/C27H29F4N3O4S/c1-37-26-15-21(39(2,35)36)8-9-24(26)32-11-4-5-20-14-22-23(33-19-10-12-38-16-18(28)13-19)6-3-7-25(22)34(20)17-27(29,30)31/h3,6-9,14-15,18-19,32-33H,10-13,16-17H2,1-2H3/t18-,19-/m0/s1. The van der Waals surface area contributed by atoms with Crippen LogP contribution in [0.4, 0.5) is 28.9 Å². The van der Waals surface area contributed by atoms with Gasteiger partial charge in [0, 0.05) is 42.5 Å². The van der Waals surface area contributed by atoms with E-state index < -0.39 is 28.7 Å². The summed E-state index contributed by atoms with van der Waals surface area (Å²) in [5, 5.41) is 6.84. The molecule has 0 amide bonds. The number of hydrogen-bond donors (Lipinski definition) is 2. The predicted molar refractivity (Wildman–Crippen MR) is 142 cm³/mol. The number of fused-ring (bicyclic) bond motifs is 1. The Morgan fingerprint density at radius 2 is 1.97 bits per heavy atom. The first-order valence-corrected chi connectivity index (χ1v) is 14.1. The van der Waals surface area contributed by atoms with Gasteiger partial charge in [0.1, 0.15) is 18.5 Å². The van der Waals surface area contributed by atoms with Crippen molar-refractivity contribution in [3.05, 3.63) is 48.2 Å². The fourth-order valence-electron chi connectivity index (χ4n) is 4.47. The molecule has 0 unspecified atom stereocenters. The van der Waals surface area contributed by atoms with Crippen molar-refractivity contribution in [1.82, 2.24) is 4.57 Å². The molecule has 1 saturated heterocycles. The largest absolute Gasteiger partial charge is 0.495 e. The van der Waals surface area contributed by atoms with Crippen molar-refractivity contribution in [3.63, 3.8) is 0 Å². The molecule has 0 radical (unpaired) electrons. The Morgan fingerprint density at radius 1 is 1.18 bits per heavy atom. The zero-order valence-corrected chi connectivity index (χ0v) is 22.3. The van der Waals surface area contributed by atoms with E-state index in [1.54, 1.807) is 24.3 Å². The summed E-state index contributed by atoms with van der Waals surface area (Å²) in [6, 6.07) is 10.7. The number of rotatable bonds is 7. The molecule has 1 aliphatic heterocycles. The summed E-state index contributed by atoms with van der Waals surface area (Å²) < 4.78 is 89.7. The average Bonchev–Trinajstić information content (AvgIpc) is 3.06. The Balaban J connectivity index is 1.60. The molecule has 0 aliphatic carbocycles. The van der Waals surface area contributed by atoms with Crippen LogP contribution in [0.1, 0.15) is 18.5 Å². The Bertz CT molecular complexity index is 1490. The van der Waals surface area contributed by atoms with Crippen molar-refractivity contribution in [1.29, 1.82) is 0 Å². The summed E-state index contributed by atoms with van der Waals surface area (Å²) in [4.78, 5) is 0.0930. The lowest BCUT2D eigenvalue weighted by Gasteiger charge is -2.19. The third kappa shape index (κ3) is 7.36. The van der Waals surface area contributed by atoms with Crippen molar-refractivity contribution in [2.24, 2.45) is 0 Å². The van der Waals surface area contributed by atoms with Crippen molar-refractivity contribution < 1.29 is 35.5 Å². The molecule has 1 aliphatic rings. The highest BCUT2D eigenvalue weighted by Crippen LogP contribution is 2.32. The van der Waals surface area contributed by atoms with Gasteiger partial charge in [0.2, 0.25) is 0 Å². The maximum Gasteiger partial charge on any atom is 0.406 e. The molecule has 1 fully saturated rings. The van der Waals surface area contributed by atoms with Crippen LogP contribution in [0.5, 0.6) is 5.75 Å². The average molecular weight is 568 g/mol. The van der Waals surface area contributed by atoms with Gasteiger partial charge in [-0.1, -0.05) is 12.0 Å². The Labute approximate surface area is 224 Å². The van der Waals surface area contributed by atoms with Crippen LogP contribution < -0.4 is 15.4 Å². The maximum absolute atomic E-state index is 14.0. The van der Waals surface area contributed by atoms with Gasteiger partial charge in [0.15, 0.2) is 9.84 Å². The molecule has 0 spiro atoms. The number of anilines is 2. The molecule has 2 heterocycles. The van der Waals surface area contributed by atoms with Crippen LogP contribution >= 0.6 is 0 Å². The SMILES string of the molecule is COc1cc(S(C)(=O)=O)ccc1NCC#Cc1cc2c(N[C@H]3CCOC[C@@H](F)C3)cccc2n1CC(F)(F)F. The molecule has 3 aromatic rings. The molecule has 2 N–H and O–H groups in total. The summed E-state index contributed by atoms with van der Waals surface area (Å²) in [5.74, 6) is 5.95. The lowest BCUT2D eigenvalue weighted by atomic mass is 10.1. The highest BCUT2D eigenvalue weighted by Gasteiger charge is 2.30. The van der Waals surface area contributed by atoms with Crippen molar-refractivity contribution in [2.75, 3.05) is 43.8 Å². The molecule has 0 saturated carbocycles. The first kappa shape index (κ1) is 28.6. The van der Waals surface area contributed by atoms with Crippen molar-refractivity contribution >= 4 is 32.1 Å². The number of hydrogen-bond acceptors (Lipinski definition) is 6. The zero-order valence-electron chi connectivity index (χ0n) is 21.4. The third-order valence-electron chi connectivity index (χ3n) is 6.28. The van der Waals surface area contributed by atoms with Crippen molar-refractivity contribution in [2.45, 2.75) is 42.7 Å². The zero-order chi connectivity index (χ0) is 28.2. The number of aromatic nitrogens is 1. The van der Waals surface area contributed by atoms with E-state index in [1.165, 1.54) is 25.3 Å². The van der Waals surface area contributed by atoms with Gasteiger partial charge in [-0.2, -0.15) is 13.2 Å². The van der Waals surface area contributed by atoms with Gasteiger partial charge in [-0.15, -0.1) is 0 Å². The Kier molecular flexibility index (Phi) is 8.61. The Hall–Kier alpha value is -3.43. The minimum Gasteiger partial charge on any atom is -0.495 e. The van der Waals surface area contributed by atoms with Crippen LogP contribution in [-0.4, -0.2) is 64.5 Å². The van der Waals surface area contributed by atoms with Crippen LogP contribution in [0.3, 0.4) is 0 Å². The van der Waals surface area contributed by atoms with E-state index in [2.05, 4.69) is 22.5 Å². The molecule has 2 atom stereocenters. The molecule has 12 heteroatoms. The van der Waals surface area contributed by atoms with E-state index in [0.717, 1.165) is 10.8 Å². The van der Waals surface area contributed by atoms with E-state index in [4.69, 9.17) is 9.47 Å². The van der Waals surface area contributed by atoms with E-state index in [9.17, 15) is 26.0 Å². The smallest absolute Gasteiger partial charge is 0.406 e. The van der Waals surface area contributed by atoms with Crippen LogP contribution in [0.15, 0.2) is 47.4 Å². The molecule has 210 valence electrons. The fraction of sp³-hybridized carbons (Fsp3) is 0.407. The number of nitrogens with one attached hydrogen (secondary N) is 2. The number of ether oxygens (including phenoxy) is 2. The van der Waals surface area contributed by atoms with Crippen LogP contribution in [0, 0.1) is 11.8 Å². The normalized spacial score (nSPS) is 18.2. The number of nitrogens with zero attached hydrogens (tertiary/aromatic N) is 1. The van der Waals surface area contributed by atoms with Crippen LogP contribution in [-0.2, 0) is 21.1 Å². The predicted octanol–water partition coefficient (Wildman–Crippen LogP) is 5.01. The number of halogens is 4. The van der Waals surface area contributed by atoms with E-state index in [1.807, 2.05) is 0 Å². The topological polar surface area (TPSA) is 81.6 Å². The highest BCUT2D eigenvalue weighted by atomic mass is 32.2. The second kappa shape index (κ2) is 11.8. The molecule has 4 rings (SSSR count). The first-order chi connectivity index (χ1) is 18.4. The van der Waals surface area contributed by atoms with Crippen molar-refractivity contribution in [3.8, 4) is 17.6 Å². The number of sulfone groups is 1. The number of benzene rings is 2. The second-order valence-electron chi connectivity index (χ2n) is 9.30. The van der Waals surface area contributed by atoms with Gasteiger partial charge in [-0.05, 0) is 42.7 Å². The highest BCUT2D eigenvalue weighted by molar-refractivity contribution is 7.90. The van der Waals surface area contributed by atoms with Gasteiger partial charge >= 0.3 is 6.18 Å². The minimum atomic E-state index is -4.47. The lowest BCUT2D eigenvalue weighted by Crippen LogP contribution is -2.23. The fourth-order valence-corrected chi connectivity index (χ4v) is 5.10. The van der Waals surface area contributed by atoms with Gasteiger partial charge < -0.3 is 24.7 Å². The summed E-state index contributed by atoms with van der Waals surface area (Å²) >= 11 is 0.